The largest absolute Gasteiger partial charge is 0.372 e. The van der Waals surface area contributed by atoms with Crippen LogP contribution in [0, 0.1) is 0 Å². The van der Waals surface area contributed by atoms with Gasteiger partial charge in [-0.15, -0.1) is 0 Å². The first-order valence-electron chi connectivity index (χ1n) is 3.07. The van der Waals surface area contributed by atoms with Gasteiger partial charge in [-0.2, -0.15) is 0 Å². The van der Waals surface area contributed by atoms with Crippen molar-refractivity contribution in [2.75, 3.05) is 0 Å². The molecule has 3 N–H and O–H groups in total. The summed E-state index contributed by atoms with van der Waals surface area (Å²) in [5, 5.41) is 3.00. The Morgan fingerprint density at radius 2 is 2.22 bits per heavy atom. The lowest BCUT2D eigenvalue weighted by Gasteiger charge is -2.18. The number of nitrogens with two attached hydrogens (primary N) is 1. The molecule has 9 heavy (non-hydrogen) atoms. The van der Waals surface area contributed by atoms with Gasteiger partial charge >= 0.3 is 0 Å². The zero-order chi connectivity index (χ0) is 6.85. The van der Waals surface area contributed by atoms with Crippen molar-refractivity contribution in [2.24, 2.45) is 5.73 Å². The first-order valence-corrected chi connectivity index (χ1v) is 3.07. The van der Waals surface area contributed by atoms with Gasteiger partial charge in [0.15, 0.2) is 0 Å². The highest BCUT2D eigenvalue weighted by atomic mass is 15.0. The maximum atomic E-state index is 5.65. The zero-order valence-electron chi connectivity index (χ0n) is 5.81. The summed E-state index contributed by atoms with van der Waals surface area (Å²) in [6.07, 6.45) is 3.93. The molecule has 0 amide bonds. The molecule has 1 unspecified atom stereocenters. The maximum absolute atomic E-state index is 5.65. The molecule has 0 aromatic rings. The number of hydrogen-bond donors (Lipinski definition) is 2. The van der Waals surface area contributed by atoms with Gasteiger partial charge in [-0.05, 0) is 37.3 Å². The van der Waals surface area contributed by atoms with Gasteiger partial charge in [0.2, 0.25) is 0 Å². The van der Waals surface area contributed by atoms with Crippen LogP contribution in [0.2, 0.25) is 0 Å². The molecule has 1 heterocycles. The lowest BCUT2D eigenvalue weighted by molar-refractivity contribution is 0.679. The topological polar surface area (TPSA) is 38.0 Å². The normalized spacial score (nSPS) is 26.3. The molecule has 0 saturated heterocycles. The van der Waals surface area contributed by atoms with E-state index in [0.29, 0.717) is 0 Å². The minimum Gasteiger partial charge on any atom is -0.372 e. The summed E-state index contributed by atoms with van der Waals surface area (Å²) < 4.78 is 0. The lowest BCUT2D eigenvalue weighted by atomic mass is 10.1. The smallest absolute Gasteiger partial charge is 0.0964 e. The third-order valence-electron chi connectivity index (χ3n) is 1.70. The van der Waals surface area contributed by atoms with Crippen LogP contribution in [-0.2, 0) is 0 Å². The molecule has 0 spiro atoms. The standard InChI is InChI=1S/C7H12N2/c1-5-3-4-9-7(8)6(5)2/h3-4,7,9H,8H2,1-2H3. The van der Waals surface area contributed by atoms with E-state index in [0.717, 1.165) is 0 Å². The van der Waals surface area contributed by atoms with Crippen molar-refractivity contribution in [3.05, 3.63) is 23.4 Å². The van der Waals surface area contributed by atoms with Gasteiger partial charge in [0.1, 0.15) is 0 Å². The van der Waals surface area contributed by atoms with Crippen molar-refractivity contribution < 1.29 is 0 Å². The highest BCUT2D eigenvalue weighted by molar-refractivity contribution is 5.28. The summed E-state index contributed by atoms with van der Waals surface area (Å²) >= 11 is 0. The highest BCUT2D eigenvalue weighted by Crippen LogP contribution is 2.09. The Balaban J connectivity index is 2.83. The van der Waals surface area contributed by atoms with Gasteiger partial charge in [0, 0.05) is 0 Å². The predicted molar refractivity (Wildman–Crippen MR) is 38.6 cm³/mol. The summed E-state index contributed by atoms with van der Waals surface area (Å²) in [6, 6.07) is 0. The molecule has 50 valence electrons. The predicted octanol–water partition coefficient (Wildman–Crippen LogP) is 0.725. The molecule has 2 heteroatoms. The second-order valence-electron chi connectivity index (χ2n) is 2.34. The van der Waals surface area contributed by atoms with Crippen LogP contribution in [0.5, 0.6) is 0 Å². The number of hydrogen-bond acceptors (Lipinski definition) is 2. The monoisotopic (exact) mass is 124 g/mol. The fraction of sp³-hybridized carbons (Fsp3) is 0.429. The van der Waals surface area contributed by atoms with Crippen molar-refractivity contribution in [3.63, 3.8) is 0 Å². The summed E-state index contributed by atoms with van der Waals surface area (Å²) in [6.45, 7) is 4.10. The van der Waals surface area contributed by atoms with Crippen LogP contribution in [0.15, 0.2) is 23.4 Å². The van der Waals surface area contributed by atoms with Crippen molar-refractivity contribution >= 4 is 0 Å². The fourth-order valence-corrected chi connectivity index (χ4v) is 0.779. The Labute approximate surface area is 55.4 Å². The van der Waals surface area contributed by atoms with E-state index >= 15 is 0 Å². The van der Waals surface area contributed by atoms with Crippen molar-refractivity contribution in [3.8, 4) is 0 Å². The van der Waals surface area contributed by atoms with Gasteiger partial charge in [-0.3, -0.25) is 0 Å². The Bertz CT molecular complexity index is 168. The molecule has 0 aromatic carbocycles. The van der Waals surface area contributed by atoms with E-state index in [1.54, 1.807) is 0 Å². The van der Waals surface area contributed by atoms with Crippen LogP contribution in [0.1, 0.15) is 13.8 Å². The van der Waals surface area contributed by atoms with Crippen LogP contribution < -0.4 is 11.1 Å². The minimum atomic E-state index is 0.0231. The quantitative estimate of drug-likeness (QED) is 0.499. The molecular weight excluding hydrogens is 112 g/mol. The molecule has 0 aromatic heterocycles. The van der Waals surface area contributed by atoms with E-state index in [2.05, 4.69) is 12.2 Å². The lowest BCUT2D eigenvalue weighted by Crippen LogP contribution is -2.36. The van der Waals surface area contributed by atoms with Crippen LogP contribution in [0.25, 0.3) is 0 Å². The average molecular weight is 124 g/mol. The van der Waals surface area contributed by atoms with Crippen LogP contribution >= 0.6 is 0 Å². The van der Waals surface area contributed by atoms with Gasteiger partial charge in [-0.1, -0.05) is 0 Å². The summed E-state index contributed by atoms with van der Waals surface area (Å²) in [5.74, 6) is 0. The molecule has 1 aliphatic heterocycles. The van der Waals surface area contributed by atoms with E-state index in [4.69, 9.17) is 5.73 Å². The molecule has 1 aliphatic rings. The third-order valence-corrected chi connectivity index (χ3v) is 1.70. The molecule has 0 bridgehead atoms. The number of allylic oxidation sites excluding steroid dienone is 2. The molecular formula is C7H12N2. The van der Waals surface area contributed by atoms with Crippen molar-refractivity contribution in [1.82, 2.24) is 5.32 Å². The highest BCUT2D eigenvalue weighted by Gasteiger charge is 2.06. The van der Waals surface area contributed by atoms with E-state index in [1.165, 1.54) is 11.1 Å². The molecule has 0 fully saturated rings. The Morgan fingerprint density at radius 3 is 2.67 bits per heavy atom. The minimum absolute atomic E-state index is 0.0231. The summed E-state index contributed by atoms with van der Waals surface area (Å²) in [5.41, 5.74) is 8.13. The second-order valence-corrected chi connectivity index (χ2v) is 2.34. The van der Waals surface area contributed by atoms with E-state index in [-0.39, 0.29) is 6.17 Å². The van der Waals surface area contributed by atoms with E-state index in [9.17, 15) is 0 Å². The van der Waals surface area contributed by atoms with Crippen LogP contribution in [-0.4, -0.2) is 6.17 Å². The number of rotatable bonds is 0. The van der Waals surface area contributed by atoms with Crippen LogP contribution in [0.4, 0.5) is 0 Å². The Hall–Kier alpha value is -0.760. The number of nitrogens with one attached hydrogen (secondary N) is 1. The summed E-state index contributed by atoms with van der Waals surface area (Å²) in [7, 11) is 0. The van der Waals surface area contributed by atoms with Gasteiger partial charge in [-0.25, -0.2) is 0 Å². The van der Waals surface area contributed by atoms with Crippen molar-refractivity contribution in [2.45, 2.75) is 20.0 Å². The van der Waals surface area contributed by atoms with Gasteiger partial charge < -0.3 is 11.1 Å². The molecule has 0 saturated carbocycles. The van der Waals surface area contributed by atoms with Gasteiger partial charge in [0.05, 0.1) is 6.17 Å². The molecule has 2 nitrogen and oxygen atoms in total. The SMILES string of the molecule is CC1=C(C)C(N)NC=C1. The van der Waals surface area contributed by atoms with Crippen LogP contribution in [0.3, 0.4) is 0 Å². The zero-order valence-corrected chi connectivity index (χ0v) is 5.81. The molecule has 0 radical (unpaired) electrons. The summed E-state index contributed by atoms with van der Waals surface area (Å²) in [4.78, 5) is 0. The van der Waals surface area contributed by atoms with E-state index in [1.807, 2.05) is 19.2 Å². The average Bonchev–Trinajstić information content (AvgIpc) is 1.83. The molecule has 1 atom stereocenters. The molecule has 0 aliphatic carbocycles. The molecule has 1 rings (SSSR count). The first-order chi connectivity index (χ1) is 4.22. The first kappa shape index (κ1) is 6.36. The maximum Gasteiger partial charge on any atom is 0.0964 e. The second kappa shape index (κ2) is 2.23. The number of dihydropyridines is 1. The Kier molecular flexibility index (Phi) is 1.58. The van der Waals surface area contributed by atoms with Crippen molar-refractivity contribution in [1.29, 1.82) is 0 Å². The Morgan fingerprint density at radius 1 is 1.56 bits per heavy atom. The van der Waals surface area contributed by atoms with Gasteiger partial charge in [0.25, 0.3) is 0 Å². The van der Waals surface area contributed by atoms with E-state index < -0.39 is 0 Å². The fourth-order valence-electron chi connectivity index (χ4n) is 0.779. The third kappa shape index (κ3) is 1.13.